The average molecular weight is 375 g/mol. The minimum Gasteiger partial charge on any atom is -0.360 e. The van der Waals surface area contributed by atoms with E-state index >= 15 is 0 Å². The highest BCUT2D eigenvalue weighted by Crippen LogP contribution is 2.31. The van der Waals surface area contributed by atoms with Crippen LogP contribution in [0.2, 0.25) is 0 Å². The zero-order valence-corrected chi connectivity index (χ0v) is 13.6. The zero-order chi connectivity index (χ0) is 19.4. The normalized spacial score (nSPS) is 10.5. The summed E-state index contributed by atoms with van der Waals surface area (Å²) >= 11 is 0. The maximum atomic E-state index is 13.3. The molecule has 0 aliphatic heterocycles. The molecule has 0 spiro atoms. The van der Waals surface area contributed by atoms with Crippen molar-refractivity contribution in [2.24, 2.45) is 0 Å². The monoisotopic (exact) mass is 375 g/mol. The maximum absolute atomic E-state index is 13.3. The number of nitrogens with one attached hydrogen (secondary N) is 2. The molecule has 0 saturated heterocycles. The van der Waals surface area contributed by atoms with Crippen LogP contribution < -0.4 is 10.6 Å². The molecule has 3 aromatic rings. The summed E-state index contributed by atoms with van der Waals surface area (Å²) in [6.45, 7) is 0.156. The van der Waals surface area contributed by atoms with Gasteiger partial charge in [0.1, 0.15) is 12.1 Å². The van der Waals surface area contributed by atoms with E-state index in [-0.39, 0.29) is 23.9 Å². The number of hydrogen-bond donors (Lipinski definition) is 2. The Labute approximate surface area is 151 Å². The Hall–Kier alpha value is -3.69. The summed E-state index contributed by atoms with van der Waals surface area (Å²) in [6.07, 6.45) is 1.09. The Bertz CT molecular complexity index is 983. The first-order valence-electron chi connectivity index (χ1n) is 7.64. The number of benzene rings is 2. The molecule has 1 aromatic heterocycles. The van der Waals surface area contributed by atoms with Gasteiger partial charge in [0.25, 0.3) is 0 Å². The summed E-state index contributed by atoms with van der Waals surface area (Å²) in [7, 11) is 0. The highest BCUT2D eigenvalue weighted by atomic mass is 19.2. The Balaban J connectivity index is 1.86. The lowest BCUT2D eigenvalue weighted by Gasteiger charge is -2.10. The first-order chi connectivity index (χ1) is 12.9. The van der Waals surface area contributed by atoms with Gasteiger partial charge >= 0.3 is 5.69 Å². The Morgan fingerprint density at radius 2 is 1.67 bits per heavy atom. The van der Waals surface area contributed by atoms with Crippen molar-refractivity contribution in [3.05, 3.63) is 81.9 Å². The molecule has 10 heteroatoms. The lowest BCUT2D eigenvalue weighted by atomic mass is 10.2. The third kappa shape index (κ3) is 4.29. The second-order valence-electron chi connectivity index (χ2n) is 5.41. The van der Waals surface area contributed by atoms with Crippen LogP contribution in [-0.2, 0) is 6.54 Å². The van der Waals surface area contributed by atoms with Gasteiger partial charge in [0.05, 0.1) is 4.92 Å². The van der Waals surface area contributed by atoms with E-state index in [0.29, 0.717) is 5.56 Å². The smallest absolute Gasteiger partial charge is 0.353 e. The maximum Gasteiger partial charge on any atom is 0.353 e. The molecule has 0 amide bonds. The number of aromatic nitrogens is 2. The van der Waals surface area contributed by atoms with Crippen LogP contribution in [0.25, 0.3) is 0 Å². The van der Waals surface area contributed by atoms with Crippen molar-refractivity contribution < 1.29 is 18.1 Å². The number of nitrogens with zero attached hydrogens (tertiary/aromatic N) is 3. The van der Waals surface area contributed by atoms with Crippen molar-refractivity contribution in [3.8, 4) is 0 Å². The van der Waals surface area contributed by atoms with Crippen LogP contribution in [-0.4, -0.2) is 14.9 Å². The van der Waals surface area contributed by atoms with Gasteiger partial charge in [-0.2, -0.15) is 0 Å². The van der Waals surface area contributed by atoms with E-state index in [1.54, 1.807) is 0 Å². The Morgan fingerprint density at radius 1 is 0.963 bits per heavy atom. The van der Waals surface area contributed by atoms with E-state index in [9.17, 15) is 23.3 Å². The van der Waals surface area contributed by atoms with Crippen LogP contribution in [0.1, 0.15) is 5.56 Å². The lowest BCUT2D eigenvalue weighted by Crippen LogP contribution is -2.08. The van der Waals surface area contributed by atoms with Gasteiger partial charge in [0, 0.05) is 18.3 Å². The van der Waals surface area contributed by atoms with E-state index in [1.807, 2.05) is 0 Å². The molecular formula is C17H12F3N5O2. The standard InChI is InChI=1S/C17H12F3N5O2/c18-11-3-1-10(2-4-11)8-21-16-15(25(26)27)17(23-9-22-16)24-12-5-6-13(19)14(20)7-12/h1-7,9H,8H2,(H2,21,22,23,24). The summed E-state index contributed by atoms with van der Waals surface area (Å²) in [5, 5.41) is 16.8. The van der Waals surface area contributed by atoms with Gasteiger partial charge < -0.3 is 10.6 Å². The highest BCUT2D eigenvalue weighted by molar-refractivity contribution is 5.73. The lowest BCUT2D eigenvalue weighted by molar-refractivity contribution is -0.383. The number of nitro groups is 1. The van der Waals surface area contributed by atoms with Crippen LogP contribution in [0.5, 0.6) is 0 Å². The minimum absolute atomic E-state index is 0.0793. The molecule has 27 heavy (non-hydrogen) atoms. The highest BCUT2D eigenvalue weighted by Gasteiger charge is 2.23. The van der Waals surface area contributed by atoms with E-state index in [0.717, 1.165) is 18.5 Å². The number of rotatable bonds is 6. The Morgan fingerprint density at radius 3 is 2.33 bits per heavy atom. The molecule has 0 saturated carbocycles. The van der Waals surface area contributed by atoms with Crippen molar-refractivity contribution in [2.75, 3.05) is 10.6 Å². The molecule has 7 nitrogen and oxygen atoms in total. The average Bonchev–Trinajstić information content (AvgIpc) is 2.64. The molecule has 0 radical (unpaired) electrons. The first kappa shape index (κ1) is 18.1. The molecule has 0 aliphatic rings. The van der Waals surface area contributed by atoms with Crippen molar-refractivity contribution in [3.63, 3.8) is 0 Å². The topological polar surface area (TPSA) is 93.0 Å². The van der Waals surface area contributed by atoms with Gasteiger partial charge in [-0.1, -0.05) is 12.1 Å². The van der Waals surface area contributed by atoms with E-state index in [2.05, 4.69) is 20.6 Å². The van der Waals surface area contributed by atoms with E-state index in [1.165, 1.54) is 30.3 Å². The van der Waals surface area contributed by atoms with Crippen molar-refractivity contribution in [1.82, 2.24) is 9.97 Å². The zero-order valence-electron chi connectivity index (χ0n) is 13.6. The molecule has 0 fully saturated rings. The summed E-state index contributed by atoms with van der Waals surface area (Å²) in [5.74, 6) is -2.82. The predicted octanol–water partition coefficient (Wildman–Crippen LogP) is 4.16. The van der Waals surface area contributed by atoms with E-state index < -0.39 is 28.1 Å². The van der Waals surface area contributed by atoms with Crippen LogP contribution >= 0.6 is 0 Å². The fraction of sp³-hybridized carbons (Fsp3) is 0.0588. The second kappa shape index (κ2) is 7.68. The molecule has 3 rings (SSSR count). The second-order valence-corrected chi connectivity index (χ2v) is 5.41. The molecular weight excluding hydrogens is 363 g/mol. The van der Waals surface area contributed by atoms with Crippen LogP contribution in [0.15, 0.2) is 48.8 Å². The van der Waals surface area contributed by atoms with Crippen molar-refractivity contribution in [2.45, 2.75) is 6.54 Å². The van der Waals surface area contributed by atoms with Gasteiger partial charge in [-0.15, -0.1) is 0 Å². The first-order valence-corrected chi connectivity index (χ1v) is 7.64. The molecule has 1 heterocycles. The molecule has 2 aromatic carbocycles. The van der Waals surface area contributed by atoms with Crippen molar-refractivity contribution in [1.29, 1.82) is 0 Å². The van der Waals surface area contributed by atoms with Crippen LogP contribution in [0.4, 0.5) is 36.2 Å². The van der Waals surface area contributed by atoms with Gasteiger partial charge in [0.15, 0.2) is 11.6 Å². The molecule has 0 aliphatic carbocycles. The molecule has 138 valence electrons. The van der Waals surface area contributed by atoms with Gasteiger partial charge in [-0.05, 0) is 29.8 Å². The summed E-state index contributed by atoms with van der Waals surface area (Å²) in [6, 6.07) is 8.54. The quantitative estimate of drug-likeness (QED) is 0.496. The van der Waals surface area contributed by atoms with E-state index in [4.69, 9.17) is 0 Å². The molecule has 0 bridgehead atoms. The SMILES string of the molecule is O=[N+]([O-])c1c(NCc2ccc(F)cc2)ncnc1Nc1ccc(F)c(F)c1. The van der Waals surface area contributed by atoms with Crippen LogP contribution in [0, 0.1) is 27.6 Å². The van der Waals surface area contributed by atoms with Gasteiger partial charge in [-0.3, -0.25) is 10.1 Å². The number of halogens is 3. The number of hydrogen-bond acceptors (Lipinski definition) is 6. The van der Waals surface area contributed by atoms with Gasteiger partial charge in [-0.25, -0.2) is 23.1 Å². The summed E-state index contributed by atoms with van der Waals surface area (Å²) in [4.78, 5) is 18.4. The summed E-state index contributed by atoms with van der Waals surface area (Å²) < 4.78 is 39.3. The molecule has 0 atom stereocenters. The third-order valence-corrected chi connectivity index (χ3v) is 3.56. The molecule has 2 N–H and O–H groups in total. The third-order valence-electron chi connectivity index (χ3n) is 3.56. The fourth-order valence-electron chi connectivity index (χ4n) is 2.27. The molecule has 0 unspecified atom stereocenters. The predicted molar refractivity (Wildman–Crippen MR) is 92.1 cm³/mol. The minimum atomic E-state index is -1.11. The van der Waals surface area contributed by atoms with Gasteiger partial charge in [0.2, 0.25) is 11.6 Å². The Kier molecular flexibility index (Phi) is 5.15. The number of anilines is 3. The fourth-order valence-corrected chi connectivity index (χ4v) is 2.27. The summed E-state index contributed by atoms with van der Waals surface area (Å²) in [5.41, 5.74) is 0.295. The van der Waals surface area contributed by atoms with Crippen LogP contribution in [0.3, 0.4) is 0 Å². The van der Waals surface area contributed by atoms with Crippen molar-refractivity contribution >= 4 is 23.0 Å². The largest absolute Gasteiger partial charge is 0.360 e.